The number of aromatic nitrogens is 2. The van der Waals surface area contributed by atoms with Crippen molar-refractivity contribution in [3.05, 3.63) is 10.8 Å². The Morgan fingerprint density at radius 1 is 1.60 bits per heavy atom. The Balaban J connectivity index is 1.87. The number of carbonyl (C=O) groups excluding carboxylic acids is 1. The molecule has 0 unspecified atom stereocenters. The van der Waals surface area contributed by atoms with Gasteiger partial charge in [-0.05, 0) is 41.6 Å². The van der Waals surface area contributed by atoms with Crippen molar-refractivity contribution in [1.29, 1.82) is 0 Å². The van der Waals surface area contributed by atoms with Crippen LogP contribution in [0.4, 0.5) is 11.6 Å². The predicted molar refractivity (Wildman–Crippen MR) is 78.8 cm³/mol. The molecule has 20 heavy (non-hydrogen) atoms. The maximum atomic E-state index is 12.7. The average Bonchev–Trinajstić information content (AvgIpc) is 2.53. The highest BCUT2D eigenvalue weighted by molar-refractivity contribution is 9.10. The second-order valence-electron chi connectivity index (χ2n) is 4.79. The van der Waals surface area contributed by atoms with Crippen LogP contribution in [0.5, 0.6) is 0 Å². The van der Waals surface area contributed by atoms with Crippen LogP contribution < -0.4 is 10.2 Å². The van der Waals surface area contributed by atoms with E-state index in [0.717, 1.165) is 0 Å². The van der Waals surface area contributed by atoms with Crippen LogP contribution in [0.25, 0.3) is 0 Å². The lowest BCUT2D eigenvalue weighted by atomic mass is 9.91. The number of ether oxygens (including phenoxy) is 1. The number of methoxy groups -OCH3 is 1. The molecule has 1 amide bonds. The zero-order valence-electron chi connectivity index (χ0n) is 16.5. The molecule has 2 heterocycles. The molecule has 0 bridgehead atoms. The van der Waals surface area contributed by atoms with Crippen molar-refractivity contribution in [2.24, 2.45) is 0 Å². The van der Waals surface area contributed by atoms with Crippen LogP contribution in [0.15, 0.2) is 10.8 Å². The van der Waals surface area contributed by atoms with E-state index in [1.54, 1.807) is 0 Å². The summed E-state index contributed by atoms with van der Waals surface area (Å²) < 4.78 is 50.8. The van der Waals surface area contributed by atoms with Gasteiger partial charge in [-0.3, -0.25) is 9.69 Å². The maximum absolute atomic E-state index is 12.7. The van der Waals surface area contributed by atoms with Gasteiger partial charge in [-0.1, -0.05) is 0 Å². The van der Waals surface area contributed by atoms with Crippen molar-refractivity contribution in [2.75, 3.05) is 23.7 Å². The number of nitrogens with zero attached hydrogens (tertiary/aromatic N) is 3. The van der Waals surface area contributed by atoms with Crippen LogP contribution >= 0.6 is 15.9 Å². The predicted octanol–water partition coefficient (Wildman–Crippen LogP) is 1.96. The van der Waals surface area contributed by atoms with Crippen LogP contribution in [0, 0.1) is 0 Å². The summed E-state index contributed by atoms with van der Waals surface area (Å²) in [6, 6.07) is -0.370. The van der Waals surface area contributed by atoms with Gasteiger partial charge in [-0.2, -0.15) is 0 Å². The second-order valence-corrected chi connectivity index (χ2v) is 5.60. The topological polar surface area (TPSA) is 67.3 Å². The Morgan fingerprint density at radius 3 is 3.15 bits per heavy atom. The largest absolute Gasteiger partial charge is 0.381 e. The van der Waals surface area contributed by atoms with Crippen LogP contribution in [-0.4, -0.2) is 41.6 Å². The zero-order valence-corrected chi connectivity index (χ0v) is 12.1. The second kappa shape index (κ2) is 5.65. The molecular weight excluding hydrogens is 324 g/mol. The monoisotopic (exact) mass is 346 g/mol. The Kier molecular flexibility index (Phi) is 2.34. The van der Waals surface area contributed by atoms with Gasteiger partial charge in [0.25, 0.3) is 0 Å². The van der Waals surface area contributed by atoms with Crippen LogP contribution in [0.2, 0.25) is 1.41 Å². The van der Waals surface area contributed by atoms with E-state index in [9.17, 15) is 4.79 Å². The molecule has 3 rings (SSSR count). The van der Waals surface area contributed by atoms with Gasteiger partial charge in [0.05, 0.1) is 25.7 Å². The number of anilines is 2. The third kappa shape index (κ3) is 2.52. The lowest BCUT2D eigenvalue weighted by Crippen LogP contribution is -2.49. The minimum absolute atomic E-state index is 0.0429. The summed E-state index contributed by atoms with van der Waals surface area (Å²) in [4.78, 5) is 22.2. The first-order valence-electron chi connectivity index (χ1n) is 9.28. The quantitative estimate of drug-likeness (QED) is 0.886. The van der Waals surface area contributed by atoms with Gasteiger partial charge >= 0.3 is 0 Å². The number of halogens is 1. The van der Waals surface area contributed by atoms with Crippen molar-refractivity contribution in [1.82, 2.24) is 9.97 Å². The minimum Gasteiger partial charge on any atom is -0.381 e. The van der Waals surface area contributed by atoms with E-state index in [1.165, 1.54) is 11.1 Å². The number of hydrogen-bond acceptors (Lipinski definition) is 5. The summed E-state index contributed by atoms with van der Waals surface area (Å²) in [6.07, 6.45) is 2.64. The van der Waals surface area contributed by atoms with Gasteiger partial charge in [-0.15, -0.1) is 0 Å². The van der Waals surface area contributed by atoms with E-state index in [2.05, 4.69) is 25.9 Å². The molecule has 0 saturated heterocycles. The highest BCUT2D eigenvalue weighted by atomic mass is 79.9. The highest BCUT2D eigenvalue weighted by Gasteiger charge is 2.34. The Bertz CT molecular complexity index is 710. The lowest BCUT2D eigenvalue weighted by molar-refractivity contribution is -0.118. The molecular formula is C13H17BrN4O2. The molecule has 0 aromatic carbocycles. The summed E-state index contributed by atoms with van der Waals surface area (Å²) in [7, 11) is -2.47. The maximum Gasteiger partial charge on any atom is 0.247 e. The first kappa shape index (κ1) is 8.29. The fraction of sp³-hybridized carbons (Fsp3) is 0.615. The van der Waals surface area contributed by atoms with Crippen molar-refractivity contribution in [3.63, 3.8) is 0 Å². The lowest BCUT2D eigenvalue weighted by Gasteiger charge is -2.38. The van der Waals surface area contributed by atoms with E-state index < -0.39 is 25.5 Å². The first-order chi connectivity index (χ1) is 12.0. The summed E-state index contributed by atoms with van der Waals surface area (Å²) in [5.74, 6) is -0.805. The molecule has 7 heteroatoms. The molecule has 6 nitrogen and oxygen atoms in total. The van der Waals surface area contributed by atoms with Gasteiger partial charge < -0.3 is 10.0 Å². The van der Waals surface area contributed by atoms with Crippen LogP contribution in [0.1, 0.15) is 32.5 Å². The molecule has 0 spiro atoms. The van der Waals surface area contributed by atoms with Gasteiger partial charge in [0, 0.05) is 13.1 Å². The third-order valence-corrected chi connectivity index (χ3v) is 3.97. The number of amides is 1. The molecule has 0 radical (unpaired) electrons. The molecule has 1 aliphatic carbocycles. The number of hydrogen-bond donors (Lipinski definition) is 1. The summed E-state index contributed by atoms with van der Waals surface area (Å²) in [5, 5.41) is 0.435. The molecule has 1 N–H and O–H groups in total. The van der Waals surface area contributed by atoms with Crippen LogP contribution in [-0.2, 0) is 9.53 Å². The first-order valence-corrected chi connectivity index (χ1v) is 7.13. The Hall–Kier alpha value is -1.21. The van der Waals surface area contributed by atoms with Gasteiger partial charge in [-0.25, -0.2) is 9.97 Å². The average molecular weight is 347 g/mol. The van der Waals surface area contributed by atoms with Crippen molar-refractivity contribution in [3.8, 4) is 0 Å². The molecule has 108 valence electrons. The number of rotatable bonds is 2. The van der Waals surface area contributed by atoms with E-state index in [1.807, 2.05) is 0 Å². The van der Waals surface area contributed by atoms with E-state index in [4.69, 9.17) is 13.0 Å². The van der Waals surface area contributed by atoms with Gasteiger partial charge in [0.2, 0.25) is 5.91 Å². The molecule has 0 atom stereocenters. The highest BCUT2D eigenvalue weighted by Crippen LogP contribution is 2.33. The van der Waals surface area contributed by atoms with Crippen molar-refractivity contribution >= 4 is 33.5 Å². The summed E-state index contributed by atoms with van der Waals surface area (Å²) in [5.41, 5.74) is 0. The summed E-state index contributed by atoms with van der Waals surface area (Å²) in [6.45, 7) is -2.57. The molecule has 1 aromatic heterocycles. The standard InChI is InChI=1S/C13H17BrN4O2/c1-20-9-4-2-8(3-5-9)18-11(19)7-16-12-13(18)17-10(14)6-15-12/h6,8-9H,2-5,7H2,1H3,(H,15,16)/i1D3,7D2/hD. The smallest absolute Gasteiger partial charge is 0.247 e. The molecule has 1 fully saturated rings. The molecule has 1 aromatic rings. The normalized spacial score (nSPS) is 34.1. The minimum atomic E-state index is -2.57. The van der Waals surface area contributed by atoms with E-state index in [0.29, 0.717) is 35.6 Å². The Morgan fingerprint density at radius 2 is 2.40 bits per heavy atom. The van der Waals surface area contributed by atoms with E-state index in [-0.39, 0.29) is 17.7 Å². The third-order valence-electron chi connectivity index (χ3n) is 3.59. The van der Waals surface area contributed by atoms with Crippen LogP contribution in [0.3, 0.4) is 0 Å². The zero-order chi connectivity index (χ0) is 19.3. The molecule has 2 aliphatic rings. The SMILES string of the molecule is [2H]N1c2ncc(Br)nc2N(C2CCC(OC([2H])([2H])[2H])CC2)C(=O)C1([2H])[2H]. The van der Waals surface area contributed by atoms with Gasteiger partial charge in [0.15, 0.2) is 13.0 Å². The number of nitrogens with one attached hydrogen (secondary N) is 1. The number of carbonyl (C=O) groups is 1. The molecule has 1 aliphatic heterocycles. The Labute approximate surface area is 134 Å². The molecule has 1 saturated carbocycles. The fourth-order valence-electron chi connectivity index (χ4n) is 2.60. The van der Waals surface area contributed by atoms with Crippen molar-refractivity contribution < 1.29 is 17.8 Å². The fourth-order valence-corrected chi connectivity index (χ4v) is 2.87. The van der Waals surface area contributed by atoms with E-state index >= 15 is 0 Å². The summed E-state index contributed by atoms with van der Waals surface area (Å²) >= 11 is 3.19. The van der Waals surface area contributed by atoms with Crippen molar-refractivity contribution in [2.45, 2.75) is 37.8 Å². The number of fused-ring (bicyclic) bond motifs is 1. The van der Waals surface area contributed by atoms with Gasteiger partial charge in [0.1, 0.15) is 4.60 Å².